The molecule has 20 heavy (non-hydrogen) atoms. The van der Waals surface area contributed by atoms with E-state index in [-0.39, 0.29) is 0 Å². The van der Waals surface area contributed by atoms with E-state index in [0.29, 0.717) is 5.92 Å². The van der Waals surface area contributed by atoms with Gasteiger partial charge in [0.1, 0.15) is 5.82 Å². The zero-order valence-corrected chi connectivity index (χ0v) is 11.1. The average Bonchev–Trinajstić information content (AvgIpc) is 2.85. The number of aromatic amines is 1. The van der Waals surface area contributed by atoms with Gasteiger partial charge in [-0.1, -0.05) is 24.6 Å². The second kappa shape index (κ2) is 4.63. The summed E-state index contributed by atoms with van der Waals surface area (Å²) < 4.78 is 0. The molecule has 1 saturated carbocycles. The van der Waals surface area contributed by atoms with Crippen LogP contribution in [0.5, 0.6) is 0 Å². The minimum absolute atomic E-state index is 0.669. The third-order valence-corrected chi connectivity index (χ3v) is 4.00. The summed E-state index contributed by atoms with van der Waals surface area (Å²) in [6, 6.07) is 14.3. The van der Waals surface area contributed by atoms with Crippen LogP contribution in [0.1, 0.15) is 30.9 Å². The summed E-state index contributed by atoms with van der Waals surface area (Å²) >= 11 is 0. The quantitative estimate of drug-likeness (QED) is 0.752. The SMILES string of the molecule is c1ccc2nc(Nc3cc(C4CCC4)[nH]n3)ccc2c1. The Hall–Kier alpha value is -2.36. The number of para-hydroxylation sites is 1. The number of nitrogens with zero attached hydrogens (tertiary/aromatic N) is 2. The second-order valence-corrected chi connectivity index (χ2v) is 5.35. The van der Waals surface area contributed by atoms with E-state index in [9.17, 15) is 0 Å². The number of benzene rings is 1. The lowest BCUT2D eigenvalue weighted by Crippen LogP contribution is -2.08. The number of pyridine rings is 1. The number of H-pyrrole nitrogens is 1. The van der Waals surface area contributed by atoms with Gasteiger partial charge in [0.25, 0.3) is 0 Å². The first-order valence-corrected chi connectivity index (χ1v) is 7.06. The predicted molar refractivity (Wildman–Crippen MR) is 80.2 cm³/mol. The molecule has 0 saturated heterocycles. The standard InChI is InChI=1S/C16H16N4/c1-2-7-13-12(4-1)8-9-15(17-13)18-16-10-14(19-20-16)11-5-3-6-11/h1-2,4,7-11H,3,5-6H2,(H2,17,18,19,20). The van der Waals surface area contributed by atoms with Crippen LogP contribution in [0.2, 0.25) is 0 Å². The zero-order valence-electron chi connectivity index (χ0n) is 11.1. The molecule has 0 unspecified atom stereocenters. The normalized spacial score (nSPS) is 15.2. The Balaban J connectivity index is 1.58. The molecule has 1 aliphatic carbocycles. The van der Waals surface area contributed by atoms with Crippen molar-refractivity contribution in [1.29, 1.82) is 0 Å². The smallest absolute Gasteiger partial charge is 0.153 e. The lowest BCUT2D eigenvalue weighted by molar-refractivity contribution is 0.410. The van der Waals surface area contributed by atoms with Gasteiger partial charge in [-0.05, 0) is 31.0 Å². The number of hydrogen-bond donors (Lipinski definition) is 2. The largest absolute Gasteiger partial charge is 0.323 e. The molecule has 1 aliphatic rings. The van der Waals surface area contributed by atoms with E-state index in [2.05, 4.69) is 38.7 Å². The molecule has 0 spiro atoms. The number of aromatic nitrogens is 3. The maximum absolute atomic E-state index is 4.59. The zero-order chi connectivity index (χ0) is 13.4. The maximum Gasteiger partial charge on any atom is 0.153 e. The minimum atomic E-state index is 0.669. The molecule has 2 heterocycles. The highest BCUT2D eigenvalue weighted by Crippen LogP contribution is 2.36. The number of rotatable bonds is 3. The van der Waals surface area contributed by atoms with Crippen LogP contribution in [0.3, 0.4) is 0 Å². The van der Waals surface area contributed by atoms with Gasteiger partial charge in [-0.25, -0.2) is 4.98 Å². The third kappa shape index (κ3) is 2.03. The number of nitrogens with one attached hydrogen (secondary N) is 2. The van der Waals surface area contributed by atoms with E-state index in [1.165, 1.54) is 25.0 Å². The van der Waals surface area contributed by atoms with Crippen molar-refractivity contribution in [2.45, 2.75) is 25.2 Å². The Morgan fingerprint density at radius 2 is 1.95 bits per heavy atom. The first kappa shape index (κ1) is 11.5. The number of fused-ring (bicyclic) bond motifs is 1. The van der Waals surface area contributed by atoms with Crippen LogP contribution in [0.4, 0.5) is 11.6 Å². The lowest BCUT2D eigenvalue weighted by Gasteiger charge is -2.23. The summed E-state index contributed by atoms with van der Waals surface area (Å²) in [5.41, 5.74) is 2.23. The van der Waals surface area contributed by atoms with Gasteiger partial charge in [0.05, 0.1) is 5.52 Å². The molecule has 0 amide bonds. The van der Waals surface area contributed by atoms with Crippen molar-refractivity contribution in [2.75, 3.05) is 5.32 Å². The summed E-state index contributed by atoms with van der Waals surface area (Å²) in [5.74, 6) is 2.34. The molecular weight excluding hydrogens is 248 g/mol. The lowest BCUT2D eigenvalue weighted by atomic mass is 9.83. The van der Waals surface area contributed by atoms with Crippen LogP contribution in [-0.4, -0.2) is 15.2 Å². The molecule has 0 atom stereocenters. The monoisotopic (exact) mass is 264 g/mol. The van der Waals surface area contributed by atoms with Gasteiger partial charge in [0.15, 0.2) is 5.82 Å². The van der Waals surface area contributed by atoms with Gasteiger partial charge >= 0.3 is 0 Å². The molecule has 3 aromatic rings. The van der Waals surface area contributed by atoms with Gasteiger partial charge < -0.3 is 5.32 Å². The van der Waals surface area contributed by atoms with Gasteiger partial charge in [0.2, 0.25) is 0 Å². The van der Waals surface area contributed by atoms with E-state index in [1.54, 1.807) is 0 Å². The van der Waals surface area contributed by atoms with Gasteiger partial charge in [-0.2, -0.15) is 5.10 Å². The predicted octanol–water partition coefficient (Wildman–Crippen LogP) is 3.97. The van der Waals surface area contributed by atoms with E-state index in [1.807, 2.05) is 24.3 Å². The molecular formula is C16H16N4. The molecule has 4 rings (SSSR count). The van der Waals surface area contributed by atoms with Gasteiger partial charge in [-0.3, -0.25) is 5.10 Å². The van der Waals surface area contributed by atoms with Gasteiger partial charge in [-0.15, -0.1) is 0 Å². The van der Waals surface area contributed by atoms with E-state index >= 15 is 0 Å². The highest BCUT2D eigenvalue weighted by molar-refractivity contribution is 5.80. The molecule has 1 fully saturated rings. The Labute approximate surface area is 117 Å². The van der Waals surface area contributed by atoms with Crippen molar-refractivity contribution in [3.63, 3.8) is 0 Å². The summed E-state index contributed by atoms with van der Waals surface area (Å²) in [4.78, 5) is 4.59. The highest BCUT2D eigenvalue weighted by Gasteiger charge is 2.21. The Kier molecular flexibility index (Phi) is 2.66. The molecule has 100 valence electrons. The topological polar surface area (TPSA) is 53.6 Å². The fourth-order valence-electron chi connectivity index (χ4n) is 2.60. The van der Waals surface area contributed by atoms with E-state index in [4.69, 9.17) is 0 Å². The Morgan fingerprint density at radius 1 is 1.05 bits per heavy atom. The molecule has 0 radical (unpaired) electrons. The summed E-state index contributed by atoms with van der Waals surface area (Å²) in [7, 11) is 0. The van der Waals surface area contributed by atoms with Crippen molar-refractivity contribution < 1.29 is 0 Å². The van der Waals surface area contributed by atoms with Crippen LogP contribution in [0.25, 0.3) is 10.9 Å². The highest BCUT2D eigenvalue weighted by atomic mass is 15.2. The second-order valence-electron chi connectivity index (χ2n) is 5.35. The van der Waals surface area contributed by atoms with Crippen molar-refractivity contribution in [1.82, 2.24) is 15.2 Å². The molecule has 1 aromatic carbocycles. The van der Waals surface area contributed by atoms with Crippen LogP contribution in [0, 0.1) is 0 Å². The molecule has 2 N–H and O–H groups in total. The van der Waals surface area contributed by atoms with Crippen molar-refractivity contribution in [3.8, 4) is 0 Å². The molecule has 0 bridgehead atoms. The van der Waals surface area contributed by atoms with E-state index in [0.717, 1.165) is 22.5 Å². The van der Waals surface area contributed by atoms with E-state index < -0.39 is 0 Å². The number of anilines is 2. The third-order valence-electron chi connectivity index (χ3n) is 4.00. The first-order valence-electron chi connectivity index (χ1n) is 7.06. The average molecular weight is 264 g/mol. The minimum Gasteiger partial charge on any atom is -0.323 e. The summed E-state index contributed by atoms with van der Waals surface area (Å²) in [5, 5.41) is 11.9. The van der Waals surface area contributed by atoms with Crippen LogP contribution < -0.4 is 5.32 Å². The van der Waals surface area contributed by atoms with Crippen LogP contribution in [0.15, 0.2) is 42.5 Å². The Morgan fingerprint density at radius 3 is 2.80 bits per heavy atom. The summed E-state index contributed by atoms with van der Waals surface area (Å²) in [6.45, 7) is 0. The molecule has 2 aromatic heterocycles. The maximum atomic E-state index is 4.59. The Bertz CT molecular complexity index is 743. The fraction of sp³-hybridized carbons (Fsp3) is 0.250. The molecule has 4 nitrogen and oxygen atoms in total. The first-order chi connectivity index (χ1) is 9.88. The molecule has 0 aliphatic heterocycles. The van der Waals surface area contributed by atoms with Crippen LogP contribution in [-0.2, 0) is 0 Å². The molecule has 4 heteroatoms. The van der Waals surface area contributed by atoms with Crippen molar-refractivity contribution in [2.24, 2.45) is 0 Å². The van der Waals surface area contributed by atoms with Crippen molar-refractivity contribution >= 4 is 22.5 Å². The summed E-state index contributed by atoms with van der Waals surface area (Å²) in [6.07, 6.45) is 3.88. The van der Waals surface area contributed by atoms with Crippen LogP contribution >= 0.6 is 0 Å². The van der Waals surface area contributed by atoms with Crippen molar-refractivity contribution in [3.05, 3.63) is 48.2 Å². The fourth-order valence-corrected chi connectivity index (χ4v) is 2.60. The number of hydrogen-bond acceptors (Lipinski definition) is 3. The van der Waals surface area contributed by atoms with Gasteiger partial charge in [0, 0.05) is 23.1 Å².